The first-order valence-electron chi connectivity index (χ1n) is 11.3. The summed E-state index contributed by atoms with van der Waals surface area (Å²) >= 11 is 12.2. The van der Waals surface area contributed by atoms with Crippen LogP contribution in [0.25, 0.3) is 6.08 Å². The number of ether oxygens (including phenoxy) is 2. The molecular formula is C26H29Cl2NO3. The highest BCUT2D eigenvalue weighted by molar-refractivity contribution is 6.43. The van der Waals surface area contributed by atoms with E-state index in [0.29, 0.717) is 27.8 Å². The molecule has 4 nitrogen and oxygen atoms in total. The number of rotatable bonds is 12. The molecule has 0 atom stereocenters. The summed E-state index contributed by atoms with van der Waals surface area (Å²) in [5.74, 6) is 0.531. The number of cyclic esters (lactones) is 1. The Morgan fingerprint density at radius 2 is 1.62 bits per heavy atom. The van der Waals surface area contributed by atoms with E-state index in [1.54, 1.807) is 24.3 Å². The highest BCUT2D eigenvalue weighted by Gasteiger charge is 2.24. The normalized spacial score (nSPS) is 14.5. The molecule has 0 N–H and O–H groups in total. The molecular weight excluding hydrogens is 445 g/mol. The molecule has 2 aromatic carbocycles. The number of nitrogens with zero attached hydrogens (tertiary/aromatic N) is 1. The van der Waals surface area contributed by atoms with Gasteiger partial charge in [-0.3, -0.25) is 0 Å². The van der Waals surface area contributed by atoms with Gasteiger partial charge < -0.3 is 9.47 Å². The molecule has 0 spiro atoms. The minimum atomic E-state index is -0.522. The van der Waals surface area contributed by atoms with Crippen molar-refractivity contribution in [3.63, 3.8) is 0 Å². The molecule has 0 bridgehead atoms. The predicted molar refractivity (Wildman–Crippen MR) is 132 cm³/mol. The van der Waals surface area contributed by atoms with Gasteiger partial charge in [-0.25, -0.2) is 9.79 Å². The molecule has 2 aromatic rings. The van der Waals surface area contributed by atoms with Crippen molar-refractivity contribution in [3.05, 3.63) is 69.3 Å². The van der Waals surface area contributed by atoms with E-state index in [1.165, 1.54) is 44.9 Å². The lowest BCUT2D eigenvalue weighted by molar-refractivity contribution is -0.129. The summed E-state index contributed by atoms with van der Waals surface area (Å²) in [6, 6.07) is 12.6. The first-order valence-corrected chi connectivity index (χ1v) is 12.0. The van der Waals surface area contributed by atoms with E-state index >= 15 is 0 Å². The average molecular weight is 474 g/mol. The zero-order valence-electron chi connectivity index (χ0n) is 18.4. The largest absolute Gasteiger partial charge is 0.494 e. The van der Waals surface area contributed by atoms with Crippen molar-refractivity contribution in [1.29, 1.82) is 0 Å². The van der Waals surface area contributed by atoms with Crippen molar-refractivity contribution in [3.8, 4) is 5.75 Å². The maximum absolute atomic E-state index is 12.2. The lowest BCUT2D eigenvalue weighted by atomic mass is 10.1. The van der Waals surface area contributed by atoms with Crippen LogP contribution < -0.4 is 4.74 Å². The number of benzene rings is 2. The van der Waals surface area contributed by atoms with Crippen molar-refractivity contribution < 1.29 is 14.3 Å². The van der Waals surface area contributed by atoms with Gasteiger partial charge in [0.25, 0.3) is 0 Å². The van der Waals surface area contributed by atoms with Gasteiger partial charge in [-0.1, -0.05) is 87.2 Å². The summed E-state index contributed by atoms with van der Waals surface area (Å²) in [6.45, 7) is 2.95. The third-order valence-corrected chi connectivity index (χ3v) is 6.10. The van der Waals surface area contributed by atoms with Gasteiger partial charge in [0.1, 0.15) is 5.75 Å². The van der Waals surface area contributed by atoms with Gasteiger partial charge in [-0.2, -0.15) is 0 Å². The van der Waals surface area contributed by atoms with Gasteiger partial charge in [0.15, 0.2) is 5.70 Å². The second-order valence-electron chi connectivity index (χ2n) is 7.83. The lowest BCUT2D eigenvalue weighted by Crippen LogP contribution is -2.05. The topological polar surface area (TPSA) is 47.9 Å². The molecule has 1 aliphatic rings. The molecule has 0 unspecified atom stereocenters. The molecule has 0 amide bonds. The summed E-state index contributed by atoms with van der Waals surface area (Å²) in [4.78, 5) is 16.5. The Morgan fingerprint density at radius 1 is 0.938 bits per heavy atom. The predicted octanol–water partition coefficient (Wildman–Crippen LogP) is 7.86. The molecule has 0 radical (unpaired) electrons. The third-order valence-electron chi connectivity index (χ3n) is 5.26. The highest BCUT2D eigenvalue weighted by atomic mass is 35.5. The molecule has 3 rings (SSSR count). The van der Waals surface area contributed by atoms with Crippen molar-refractivity contribution in [2.75, 3.05) is 6.61 Å². The van der Waals surface area contributed by atoms with E-state index in [9.17, 15) is 4.79 Å². The fraction of sp³-hybridized carbons (Fsp3) is 0.385. The van der Waals surface area contributed by atoms with Crippen LogP contribution in [-0.2, 0) is 9.53 Å². The number of carbonyl (C=O) groups is 1. The number of unbranched alkanes of at least 4 members (excludes halogenated alkanes) is 7. The van der Waals surface area contributed by atoms with Crippen molar-refractivity contribution in [2.24, 2.45) is 4.99 Å². The van der Waals surface area contributed by atoms with Crippen LogP contribution in [0.4, 0.5) is 0 Å². The minimum Gasteiger partial charge on any atom is -0.494 e. The van der Waals surface area contributed by atoms with Crippen LogP contribution in [0.1, 0.15) is 69.4 Å². The SMILES string of the molecule is CCCCCCCCCCOc1ccc(C2=NC(=Cc3cccc(Cl)c3Cl)C(=O)O2)cc1. The monoisotopic (exact) mass is 473 g/mol. The van der Waals surface area contributed by atoms with Gasteiger partial charge in [-0.05, 0) is 48.4 Å². The first kappa shape index (κ1) is 24.3. The number of aliphatic imine (C=N–C) groups is 1. The fourth-order valence-corrected chi connectivity index (χ4v) is 3.79. The maximum Gasteiger partial charge on any atom is 0.363 e. The Morgan fingerprint density at radius 3 is 2.34 bits per heavy atom. The van der Waals surface area contributed by atoms with Gasteiger partial charge in [0.2, 0.25) is 5.90 Å². The van der Waals surface area contributed by atoms with Crippen molar-refractivity contribution in [2.45, 2.75) is 58.3 Å². The number of hydrogen-bond acceptors (Lipinski definition) is 4. The van der Waals surface area contributed by atoms with Gasteiger partial charge in [0, 0.05) is 5.56 Å². The van der Waals surface area contributed by atoms with Gasteiger partial charge in [0.05, 0.1) is 16.7 Å². The van der Waals surface area contributed by atoms with Crippen LogP contribution in [0.2, 0.25) is 10.0 Å². The Labute approximate surface area is 200 Å². The standard InChI is InChI=1S/C26H29Cl2NO3/c1-2-3-4-5-6-7-8-9-17-31-21-15-13-19(14-16-21)25-29-23(26(30)32-25)18-20-11-10-12-22(27)24(20)28/h10-16,18H,2-9,17H2,1H3. The second kappa shape index (κ2) is 12.7. The minimum absolute atomic E-state index is 0.180. The third kappa shape index (κ3) is 7.11. The van der Waals surface area contributed by atoms with Gasteiger partial charge in [-0.15, -0.1) is 0 Å². The number of halogens is 2. The van der Waals surface area contributed by atoms with Crippen LogP contribution in [-0.4, -0.2) is 18.5 Å². The van der Waals surface area contributed by atoms with Crippen LogP contribution in [0.3, 0.4) is 0 Å². The Hall–Kier alpha value is -2.30. The molecule has 1 aliphatic heterocycles. The second-order valence-corrected chi connectivity index (χ2v) is 8.61. The summed E-state index contributed by atoms with van der Waals surface area (Å²) in [5, 5.41) is 0.787. The number of hydrogen-bond donors (Lipinski definition) is 0. The van der Waals surface area contributed by atoms with E-state index in [1.807, 2.05) is 24.3 Å². The zero-order valence-corrected chi connectivity index (χ0v) is 19.9. The maximum atomic E-state index is 12.2. The summed E-state index contributed by atoms with van der Waals surface area (Å²) in [6.07, 6.45) is 11.7. The van der Waals surface area contributed by atoms with Gasteiger partial charge >= 0.3 is 5.97 Å². The Balaban J connectivity index is 1.49. The number of esters is 1. The Bertz CT molecular complexity index is 968. The summed E-state index contributed by atoms with van der Waals surface area (Å²) in [5.41, 5.74) is 1.50. The highest BCUT2D eigenvalue weighted by Crippen LogP contribution is 2.29. The average Bonchev–Trinajstić information content (AvgIpc) is 3.16. The summed E-state index contributed by atoms with van der Waals surface area (Å²) in [7, 11) is 0. The fourth-order valence-electron chi connectivity index (χ4n) is 3.43. The van der Waals surface area contributed by atoms with Crippen LogP contribution >= 0.6 is 23.2 Å². The zero-order chi connectivity index (χ0) is 22.8. The van der Waals surface area contributed by atoms with Crippen LogP contribution in [0, 0.1) is 0 Å². The van der Waals surface area contributed by atoms with Crippen molar-refractivity contribution in [1.82, 2.24) is 0 Å². The number of carbonyl (C=O) groups excluding carboxylic acids is 1. The van der Waals surface area contributed by atoms with Crippen LogP contribution in [0.15, 0.2) is 53.2 Å². The quantitative estimate of drug-likeness (QED) is 0.179. The van der Waals surface area contributed by atoms with E-state index < -0.39 is 5.97 Å². The van der Waals surface area contributed by atoms with E-state index in [-0.39, 0.29) is 11.6 Å². The van der Waals surface area contributed by atoms with E-state index in [4.69, 9.17) is 32.7 Å². The van der Waals surface area contributed by atoms with Crippen LogP contribution in [0.5, 0.6) is 5.75 Å². The summed E-state index contributed by atoms with van der Waals surface area (Å²) < 4.78 is 11.2. The molecule has 1 heterocycles. The van der Waals surface area contributed by atoms with E-state index in [0.717, 1.165) is 12.2 Å². The lowest BCUT2D eigenvalue weighted by Gasteiger charge is -2.07. The smallest absolute Gasteiger partial charge is 0.363 e. The molecule has 0 fully saturated rings. The molecule has 6 heteroatoms. The molecule has 0 saturated heterocycles. The first-order chi connectivity index (χ1) is 15.6. The molecule has 0 saturated carbocycles. The molecule has 0 aliphatic carbocycles. The molecule has 0 aromatic heterocycles. The Kier molecular flexibility index (Phi) is 9.63. The molecule has 32 heavy (non-hydrogen) atoms. The van der Waals surface area contributed by atoms with Crippen molar-refractivity contribution >= 4 is 41.1 Å². The van der Waals surface area contributed by atoms with E-state index in [2.05, 4.69) is 11.9 Å². The molecule has 170 valence electrons.